The number of aryl methyl sites for hydroxylation is 1. The minimum atomic E-state index is -3.43. The summed E-state index contributed by atoms with van der Waals surface area (Å²) in [5.41, 5.74) is 1.91. The van der Waals surface area contributed by atoms with E-state index in [0.29, 0.717) is 36.1 Å². The van der Waals surface area contributed by atoms with Crippen molar-refractivity contribution in [1.29, 1.82) is 0 Å². The number of thiazole rings is 1. The van der Waals surface area contributed by atoms with Crippen molar-refractivity contribution in [1.82, 2.24) is 9.29 Å². The van der Waals surface area contributed by atoms with E-state index in [9.17, 15) is 8.42 Å². The van der Waals surface area contributed by atoms with Gasteiger partial charge in [-0.2, -0.15) is 4.31 Å². The molecule has 0 N–H and O–H groups in total. The molecule has 3 aromatic rings. The molecule has 2 heterocycles. The molecule has 1 fully saturated rings. The standard InChI is InChI=1S/C18H18ClN3O2S2/c1-13-15(19)7-8-16-17(13)20-18(25-16)21-9-11-22(12-10-21)26(23,24)14-5-3-2-4-6-14/h2-8H,9-12H2,1H3. The van der Waals surface area contributed by atoms with E-state index in [-0.39, 0.29) is 0 Å². The van der Waals surface area contributed by atoms with Crippen molar-refractivity contribution < 1.29 is 8.42 Å². The van der Waals surface area contributed by atoms with Crippen LogP contribution in [0.2, 0.25) is 5.02 Å². The summed E-state index contributed by atoms with van der Waals surface area (Å²) in [5, 5.41) is 1.63. The van der Waals surface area contributed by atoms with Gasteiger partial charge in [0.2, 0.25) is 10.0 Å². The average molecular weight is 408 g/mol. The smallest absolute Gasteiger partial charge is 0.243 e. The maximum absolute atomic E-state index is 12.7. The van der Waals surface area contributed by atoms with Crippen LogP contribution < -0.4 is 4.90 Å². The van der Waals surface area contributed by atoms with E-state index >= 15 is 0 Å². The molecule has 0 aliphatic carbocycles. The summed E-state index contributed by atoms with van der Waals surface area (Å²) < 4.78 is 28.1. The fourth-order valence-corrected chi connectivity index (χ4v) is 5.76. The molecule has 1 aromatic heterocycles. The zero-order chi connectivity index (χ0) is 18.3. The van der Waals surface area contributed by atoms with Crippen LogP contribution in [0.15, 0.2) is 47.4 Å². The number of halogens is 1. The van der Waals surface area contributed by atoms with Gasteiger partial charge >= 0.3 is 0 Å². The summed E-state index contributed by atoms with van der Waals surface area (Å²) in [7, 11) is -3.43. The zero-order valence-electron chi connectivity index (χ0n) is 14.2. The van der Waals surface area contributed by atoms with Crippen molar-refractivity contribution >= 4 is 48.3 Å². The lowest BCUT2D eigenvalue weighted by atomic mass is 10.2. The second-order valence-corrected chi connectivity index (χ2v) is 9.57. The van der Waals surface area contributed by atoms with Crippen molar-refractivity contribution in [3.05, 3.63) is 53.1 Å². The van der Waals surface area contributed by atoms with E-state index in [0.717, 1.165) is 20.9 Å². The highest BCUT2D eigenvalue weighted by Crippen LogP contribution is 2.34. The molecule has 1 aliphatic heterocycles. The number of hydrogen-bond donors (Lipinski definition) is 0. The van der Waals surface area contributed by atoms with Gasteiger partial charge in [0.15, 0.2) is 5.13 Å². The molecule has 0 radical (unpaired) electrons. The predicted molar refractivity (Wildman–Crippen MR) is 107 cm³/mol. The number of fused-ring (bicyclic) bond motifs is 1. The van der Waals surface area contributed by atoms with Crippen molar-refractivity contribution in [3.63, 3.8) is 0 Å². The molecule has 0 saturated carbocycles. The molecule has 5 nitrogen and oxygen atoms in total. The van der Waals surface area contributed by atoms with Crippen LogP contribution in [0, 0.1) is 6.92 Å². The van der Waals surface area contributed by atoms with Crippen LogP contribution in [0.1, 0.15) is 5.56 Å². The van der Waals surface area contributed by atoms with Gasteiger partial charge < -0.3 is 4.90 Å². The molecule has 8 heteroatoms. The summed E-state index contributed by atoms with van der Waals surface area (Å²) in [5.74, 6) is 0. The maximum atomic E-state index is 12.7. The first-order valence-corrected chi connectivity index (χ1v) is 11.0. The van der Waals surface area contributed by atoms with E-state index in [2.05, 4.69) is 4.90 Å². The number of piperazine rings is 1. The Morgan fingerprint density at radius 2 is 1.73 bits per heavy atom. The van der Waals surface area contributed by atoms with Crippen LogP contribution >= 0.6 is 22.9 Å². The third-order valence-electron chi connectivity index (χ3n) is 4.63. The lowest BCUT2D eigenvalue weighted by Gasteiger charge is -2.33. The summed E-state index contributed by atoms with van der Waals surface area (Å²) in [6.45, 7) is 4.12. The van der Waals surface area contributed by atoms with Crippen LogP contribution in [-0.4, -0.2) is 43.9 Å². The molecule has 1 saturated heterocycles. The molecule has 4 rings (SSSR count). The van der Waals surface area contributed by atoms with Gasteiger partial charge in [0.1, 0.15) is 0 Å². The Morgan fingerprint density at radius 3 is 2.42 bits per heavy atom. The predicted octanol–water partition coefficient (Wildman–Crippen LogP) is 3.77. The fraction of sp³-hybridized carbons (Fsp3) is 0.278. The molecule has 26 heavy (non-hydrogen) atoms. The molecular weight excluding hydrogens is 390 g/mol. The Morgan fingerprint density at radius 1 is 1.04 bits per heavy atom. The van der Waals surface area contributed by atoms with E-state index in [1.807, 2.05) is 25.1 Å². The number of rotatable bonds is 3. The second kappa shape index (κ2) is 6.81. The minimum Gasteiger partial charge on any atom is -0.345 e. The first-order valence-electron chi connectivity index (χ1n) is 8.32. The normalized spacial score (nSPS) is 16.3. The summed E-state index contributed by atoms with van der Waals surface area (Å²) in [6.07, 6.45) is 0. The van der Waals surface area contributed by atoms with Gasteiger partial charge in [0.25, 0.3) is 0 Å². The average Bonchev–Trinajstić information content (AvgIpc) is 3.11. The Kier molecular flexibility index (Phi) is 4.64. The van der Waals surface area contributed by atoms with Gasteiger partial charge in [0, 0.05) is 31.2 Å². The Labute approximate surface area is 161 Å². The highest BCUT2D eigenvalue weighted by molar-refractivity contribution is 7.89. The lowest BCUT2D eigenvalue weighted by molar-refractivity contribution is 0.385. The van der Waals surface area contributed by atoms with Crippen LogP contribution in [0.3, 0.4) is 0 Å². The van der Waals surface area contributed by atoms with Gasteiger partial charge in [-0.25, -0.2) is 13.4 Å². The Balaban J connectivity index is 1.53. The fourth-order valence-electron chi connectivity index (χ4n) is 3.09. The summed E-state index contributed by atoms with van der Waals surface area (Å²) >= 11 is 7.81. The first-order chi connectivity index (χ1) is 12.5. The monoisotopic (exact) mass is 407 g/mol. The first kappa shape index (κ1) is 17.7. The summed E-state index contributed by atoms with van der Waals surface area (Å²) in [4.78, 5) is 7.23. The van der Waals surface area contributed by atoms with Crippen molar-refractivity contribution in [2.45, 2.75) is 11.8 Å². The van der Waals surface area contributed by atoms with Gasteiger partial charge in [0.05, 0.1) is 15.1 Å². The molecular formula is C18H18ClN3O2S2. The van der Waals surface area contributed by atoms with E-state index < -0.39 is 10.0 Å². The number of sulfonamides is 1. The Bertz CT molecular complexity index is 1040. The topological polar surface area (TPSA) is 53.5 Å². The number of hydrogen-bond acceptors (Lipinski definition) is 5. The van der Waals surface area contributed by atoms with Crippen LogP contribution in [-0.2, 0) is 10.0 Å². The molecule has 0 bridgehead atoms. The molecule has 1 aliphatic rings. The van der Waals surface area contributed by atoms with Crippen molar-refractivity contribution in [2.24, 2.45) is 0 Å². The number of benzene rings is 2. The maximum Gasteiger partial charge on any atom is 0.243 e. The van der Waals surface area contributed by atoms with Crippen LogP contribution in [0.5, 0.6) is 0 Å². The van der Waals surface area contributed by atoms with Gasteiger partial charge in [-0.15, -0.1) is 0 Å². The Hall–Kier alpha value is -1.67. The van der Waals surface area contributed by atoms with Crippen LogP contribution in [0.25, 0.3) is 10.2 Å². The third-order valence-corrected chi connectivity index (χ3v) is 8.03. The number of nitrogens with zero attached hydrogens (tertiary/aromatic N) is 3. The second-order valence-electron chi connectivity index (χ2n) is 6.22. The quantitative estimate of drug-likeness (QED) is 0.663. The molecule has 0 atom stereocenters. The molecule has 0 amide bonds. The van der Waals surface area contributed by atoms with Crippen molar-refractivity contribution in [3.8, 4) is 0 Å². The summed E-state index contributed by atoms with van der Waals surface area (Å²) in [6, 6.07) is 12.5. The zero-order valence-corrected chi connectivity index (χ0v) is 16.6. The largest absolute Gasteiger partial charge is 0.345 e. The number of aromatic nitrogens is 1. The molecule has 0 spiro atoms. The van der Waals surface area contributed by atoms with E-state index in [1.165, 1.54) is 0 Å². The van der Waals surface area contributed by atoms with E-state index in [1.54, 1.807) is 39.9 Å². The highest BCUT2D eigenvalue weighted by Gasteiger charge is 2.29. The molecule has 2 aromatic carbocycles. The van der Waals surface area contributed by atoms with Gasteiger partial charge in [-0.3, -0.25) is 0 Å². The molecule has 0 unspecified atom stereocenters. The third kappa shape index (κ3) is 3.09. The van der Waals surface area contributed by atoms with Crippen molar-refractivity contribution in [2.75, 3.05) is 31.1 Å². The van der Waals surface area contributed by atoms with Gasteiger partial charge in [-0.05, 0) is 36.8 Å². The lowest BCUT2D eigenvalue weighted by Crippen LogP contribution is -2.48. The SMILES string of the molecule is Cc1c(Cl)ccc2sc(N3CCN(S(=O)(=O)c4ccccc4)CC3)nc12. The highest BCUT2D eigenvalue weighted by atomic mass is 35.5. The molecule has 136 valence electrons. The van der Waals surface area contributed by atoms with Crippen LogP contribution in [0.4, 0.5) is 5.13 Å². The number of anilines is 1. The minimum absolute atomic E-state index is 0.346. The van der Waals surface area contributed by atoms with Gasteiger partial charge in [-0.1, -0.05) is 41.1 Å². The van der Waals surface area contributed by atoms with E-state index in [4.69, 9.17) is 16.6 Å².